The van der Waals surface area contributed by atoms with Crippen molar-refractivity contribution in [2.45, 2.75) is 53.1 Å². The third kappa shape index (κ3) is 4.04. The van der Waals surface area contributed by atoms with Crippen molar-refractivity contribution in [2.24, 2.45) is 0 Å². The van der Waals surface area contributed by atoms with Crippen LogP contribution >= 0.6 is 12.2 Å². The Hall–Kier alpha value is -3.44. The Morgan fingerprint density at radius 2 is 1.71 bits per heavy atom. The smallest absolute Gasteiger partial charge is 0.174 e. The maximum absolute atomic E-state index is 5.93. The highest BCUT2D eigenvalue weighted by molar-refractivity contribution is 7.80. The molecule has 5 heteroatoms. The second-order valence-electron chi connectivity index (χ2n) is 9.43. The molecule has 0 bridgehead atoms. The Balaban J connectivity index is 1.71. The highest BCUT2D eigenvalue weighted by Crippen LogP contribution is 2.44. The first kappa shape index (κ1) is 23.3. The molecule has 0 amide bonds. The number of pyridine rings is 1. The van der Waals surface area contributed by atoms with Crippen molar-refractivity contribution in [1.29, 1.82) is 0 Å². The monoisotopic (exact) mass is 480 g/mol. The third-order valence-electron chi connectivity index (χ3n) is 7.12. The number of benzene rings is 2. The molecule has 178 valence electrons. The molecular formula is C30H32N4S. The molecule has 5 rings (SSSR count). The van der Waals surface area contributed by atoms with Gasteiger partial charge >= 0.3 is 0 Å². The molecule has 35 heavy (non-hydrogen) atoms. The minimum Gasteiger partial charge on any atom is -0.351 e. The molecule has 1 N–H and O–H groups in total. The maximum atomic E-state index is 5.93. The van der Waals surface area contributed by atoms with E-state index in [1.807, 2.05) is 18.3 Å². The molecule has 2 atom stereocenters. The first-order valence-electron chi connectivity index (χ1n) is 12.3. The van der Waals surface area contributed by atoms with E-state index in [0.717, 1.165) is 22.9 Å². The van der Waals surface area contributed by atoms with Gasteiger partial charge in [0.25, 0.3) is 0 Å². The molecule has 4 nitrogen and oxygen atoms in total. The van der Waals surface area contributed by atoms with E-state index in [0.29, 0.717) is 0 Å². The normalized spacial score (nSPS) is 17.6. The van der Waals surface area contributed by atoms with E-state index in [-0.39, 0.29) is 12.1 Å². The first-order valence-corrected chi connectivity index (χ1v) is 12.7. The van der Waals surface area contributed by atoms with Crippen molar-refractivity contribution in [3.05, 3.63) is 112 Å². The lowest BCUT2D eigenvalue weighted by molar-refractivity contribution is 0.565. The quantitative estimate of drug-likeness (QED) is 0.317. The van der Waals surface area contributed by atoms with E-state index in [9.17, 15) is 0 Å². The average molecular weight is 481 g/mol. The number of anilines is 1. The molecule has 2 aromatic carbocycles. The Kier molecular flexibility index (Phi) is 6.20. The number of nitrogens with one attached hydrogen (secondary N) is 1. The van der Waals surface area contributed by atoms with E-state index < -0.39 is 0 Å². The molecule has 0 radical (unpaired) electrons. The Morgan fingerprint density at radius 3 is 2.40 bits per heavy atom. The number of aryl methyl sites for hydroxylation is 4. The van der Waals surface area contributed by atoms with Crippen LogP contribution in [0, 0.1) is 27.7 Å². The van der Waals surface area contributed by atoms with E-state index in [1.54, 1.807) is 0 Å². The van der Waals surface area contributed by atoms with Gasteiger partial charge in [0.15, 0.2) is 5.11 Å². The fourth-order valence-corrected chi connectivity index (χ4v) is 5.76. The van der Waals surface area contributed by atoms with Gasteiger partial charge in [-0.15, -0.1) is 0 Å². The SMILES string of the molecule is CCc1cccc(C)c1-n1c(C)cc([C@@H]2[C@H](c3ccccn3)NC(=S)N2c2ccc(C)cc2)c1C. The molecule has 0 spiro atoms. The summed E-state index contributed by atoms with van der Waals surface area (Å²) in [5.41, 5.74) is 11.0. The summed E-state index contributed by atoms with van der Waals surface area (Å²) in [6.45, 7) is 11.0. The highest BCUT2D eigenvalue weighted by Gasteiger charge is 2.42. The largest absolute Gasteiger partial charge is 0.351 e. The van der Waals surface area contributed by atoms with Crippen LogP contribution in [-0.4, -0.2) is 14.7 Å². The zero-order chi connectivity index (χ0) is 24.7. The average Bonchev–Trinajstić information content (AvgIpc) is 3.35. The van der Waals surface area contributed by atoms with Crippen LogP contribution in [0.1, 0.15) is 58.3 Å². The molecule has 3 heterocycles. The van der Waals surface area contributed by atoms with Gasteiger partial charge in [-0.1, -0.05) is 48.9 Å². The summed E-state index contributed by atoms with van der Waals surface area (Å²) >= 11 is 5.93. The molecule has 4 aromatic rings. The molecule has 2 aromatic heterocycles. The van der Waals surface area contributed by atoms with Crippen molar-refractivity contribution in [2.75, 3.05) is 4.90 Å². The second kappa shape index (κ2) is 9.31. The maximum Gasteiger partial charge on any atom is 0.174 e. The number of hydrogen-bond acceptors (Lipinski definition) is 2. The van der Waals surface area contributed by atoms with Crippen LogP contribution in [0.2, 0.25) is 0 Å². The lowest BCUT2D eigenvalue weighted by Gasteiger charge is -2.28. The summed E-state index contributed by atoms with van der Waals surface area (Å²) in [7, 11) is 0. The summed E-state index contributed by atoms with van der Waals surface area (Å²) in [6.07, 6.45) is 2.85. The Bertz CT molecular complexity index is 1370. The molecular weight excluding hydrogens is 448 g/mol. The van der Waals surface area contributed by atoms with E-state index in [2.05, 4.69) is 104 Å². The van der Waals surface area contributed by atoms with Crippen molar-refractivity contribution in [3.8, 4) is 5.69 Å². The predicted octanol–water partition coefficient (Wildman–Crippen LogP) is 6.85. The fraction of sp³-hybridized carbons (Fsp3) is 0.267. The lowest BCUT2D eigenvalue weighted by atomic mass is 9.96. The molecule has 1 aliphatic heterocycles. The van der Waals surface area contributed by atoms with Gasteiger partial charge in [-0.3, -0.25) is 4.98 Å². The fourth-order valence-electron chi connectivity index (χ4n) is 5.41. The second-order valence-corrected chi connectivity index (χ2v) is 9.82. The number of nitrogens with zero attached hydrogens (tertiary/aromatic N) is 3. The number of aromatic nitrogens is 2. The Labute approximate surface area is 213 Å². The van der Waals surface area contributed by atoms with Crippen LogP contribution < -0.4 is 10.2 Å². The summed E-state index contributed by atoms with van der Waals surface area (Å²) in [6, 6.07) is 23.6. The Morgan fingerprint density at radius 1 is 0.943 bits per heavy atom. The van der Waals surface area contributed by atoms with E-state index >= 15 is 0 Å². The van der Waals surface area contributed by atoms with E-state index in [4.69, 9.17) is 17.2 Å². The van der Waals surface area contributed by atoms with Gasteiger partial charge in [-0.05, 0) is 93.4 Å². The van der Waals surface area contributed by atoms with E-state index in [1.165, 1.54) is 39.3 Å². The van der Waals surface area contributed by atoms with Gasteiger partial charge in [-0.2, -0.15) is 0 Å². The molecule has 0 saturated carbocycles. The van der Waals surface area contributed by atoms with Gasteiger partial charge in [-0.25, -0.2) is 0 Å². The van der Waals surface area contributed by atoms with Crippen LogP contribution in [0.3, 0.4) is 0 Å². The van der Waals surface area contributed by atoms with Crippen LogP contribution in [0.25, 0.3) is 5.69 Å². The van der Waals surface area contributed by atoms with Gasteiger partial charge in [0.05, 0.1) is 23.5 Å². The lowest BCUT2D eigenvalue weighted by Crippen LogP contribution is -2.29. The van der Waals surface area contributed by atoms with Gasteiger partial charge < -0.3 is 14.8 Å². The molecule has 1 aliphatic rings. The summed E-state index contributed by atoms with van der Waals surface area (Å²) in [5, 5.41) is 4.32. The standard InChI is InChI=1S/C30H32N4S/c1-6-23-11-9-10-20(3)28(23)33-21(4)18-25(22(33)5)29-27(26-12-7-8-17-31-26)32-30(35)34(29)24-15-13-19(2)14-16-24/h7-18,27,29H,6H2,1-5H3,(H,32,35)/t27-,29+/m0/s1. The minimum absolute atomic E-state index is 0.0193. The number of hydrogen-bond donors (Lipinski definition) is 1. The summed E-state index contributed by atoms with van der Waals surface area (Å²) in [4.78, 5) is 6.98. The molecule has 0 aliphatic carbocycles. The minimum atomic E-state index is -0.0542. The predicted molar refractivity (Wildman–Crippen MR) is 148 cm³/mol. The zero-order valence-corrected chi connectivity index (χ0v) is 21.9. The topological polar surface area (TPSA) is 33.1 Å². The van der Waals surface area contributed by atoms with Crippen LogP contribution in [0.4, 0.5) is 5.69 Å². The highest BCUT2D eigenvalue weighted by atomic mass is 32.1. The molecule has 1 fully saturated rings. The number of rotatable bonds is 5. The van der Waals surface area contributed by atoms with Crippen LogP contribution in [0.15, 0.2) is 72.9 Å². The molecule has 0 unspecified atom stereocenters. The van der Waals surface area contributed by atoms with Crippen molar-refractivity contribution in [3.63, 3.8) is 0 Å². The zero-order valence-electron chi connectivity index (χ0n) is 21.0. The van der Waals surface area contributed by atoms with Crippen molar-refractivity contribution in [1.82, 2.24) is 14.9 Å². The summed E-state index contributed by atoms with van der Waals surface area (Å²) in [5.74, 6) is 0. The van der Waals surface area contributed by atoms with Crippen molar-refractivity contribution >= 4 is 23.0 Å². The number of para-hydroxylation sites is 1. The van der Waals surface area contributed by atoms with Gasteiger partial charge in [0.2, 0.25) is 0 Å². The third-order valence-corrected chi connectivity index (χ3v) is 7.44. The van der Waals surface area contributed by atoms with Crippen LogP contribution in [-0.2, 0) is 6.42 Å². The first-order chi connectivity index (χ1) is 16.9. The number of thiocarbonyl (C=S) groups is 1. The molecule has 1 saturated heterocycles. The van der Waals surface area contributed by atoms with Crippen LogP contribution in [0.5, 0.6) is 0 Å². The van der Waals surface area contributed by atoms with Gasteiger partial charge in [0, 0.05) is 23.3 Å². The van der Waals surface area contributed by atoms with Crippen molar-refractivity contribution < 1.29 is 0 Å². The summed E-state index contributed by atoms with van der Waals surface area (Å²) < 4.78 is 2.42. The van der Waals surface area contributed by atoms with Gasteiger partial charge in [0.1, 0.15) is 0 Å².